The molecule has 1 atom stereocenters. The van der Waals surface area contributed by atoms with Gasteiger partial charge in [0.1, 0.15) is 0 Å². The number of allylic oxidation sites excluding steroid dienone is 3. The second kappa shape index (κ2) is 11.7. The molecule has 3 aliphatic rings. The molecule has 0 radical (unpaired) electrons. The maximum atomic E-state index is 3.40. The predicted octanol–water partition coefficient (Wildman–Crippen LogP) is 9.49. The van der Waals surface area contributed by atoms with Gasteiger partial charge in [0.25, 0.3) is 0 Å². The van der Waals surface area contributed by atoms with Gasteiger partial charge >= 0.3 is 0 Å². The number of rotatable bonds is 4. The second-order valence-electron chi connectivity index (χ2n) is 12.5. The van der Waals surface area contributed by atoms with Gasteiger partial charge in [0.2, 0.25) is 0 Å². The Bertz CT molecular complexity index is 1350. The van der Waals surface area contributed by atoms with E-state index in [-0.39, 0.29) is 5.41 Å². The van der Waals surface area contributed by atoms with Crippen molar-refractivity contribution in [3.8, 4) is 11.1 Å². The largest absolute Gasteiger partial charge is 0.385 e. The fraction of sp³-hybridized carbons (Fsp3) is 0.351. The molecular weight excluding hydrogens is 472 g/mol. The molecule has 3 heterocycles. The number of nitrogens with one attached hydrogen (secondary N) is 1. The molecule has 3 aromatic carbocycles. The molecule has 0 unspecified atom stereocenters. The highest BCUT2D eigenvalue weighted by molar-refractivity contribution is 5.80. The summed E-state index contributed by atoms with van der Waals surface area (Å²) in [5.74, 6) is 0.689. The van der Waals surface area contributed by atoms with Gasteiger partial charge in [0.15, 0.2) is 0 Å². The minimum atomic E-state index is 0.196. The van der Waals surface area contributed by atoms with E-state index in [2.05, 4.69) is 136 Å². The van der Waals surface area contributed by atoms with Crippen LogP contribution < -0.4 is 5.32 Å². The predicted molar refractivity (Wildman–Crippen MR) is 168 cm³/mol. The molecule has 0 aromatic heterocycles. The van der Waals surface area contributed by atoms with Crippen molar-refractivity contribution in [2.24, 2.45) is 11.3 Å². The molecule has 2 heteroatoms. The monoisotopic (exact) mass is 516 g/mol. The van der Waals surface area contributed by atoms with Crippen LogP contribution >= 0.6 is 0 Å². The first-order valence-electron chi connectivity index (χ1n) is 14.7. The van der Waals surface area contributed by atoms with Crippen LogP contribution in [0.25, 0.3) is 22.5 Å². The maximum absolute atomic E-state index is 3.40. The normalized spacial score (nSPS) is 18.2. The molecule has 3 aromatic rings. The first-order valence-corrected chi connectivity index (χ1v) is 14.7. The van der Waals surface area contributed by atoms with E-state index in [1.807, 2.05) is 6.07 Å². The lowest BCUT2D eigenvalue weighted by atomic mass is 9.82. The third kappa shape index (κ3) is 6.22. The molecule has 0 saturated heterocycles. The van der Waals surface area contributed by atoms with Crippen LogP contribution in [-0.4, -0.2) is 18.0 Å². The summed E-state index contributed by atoms with van der Waals surface area (Å²) in [5.41, 5.74) is 11.2. The van der Waals surface area contributed by atoms with E-state index in [4.69, 9.17) is 0 Å². The summed E-state index contributed by atoms with van der Waals surface area (Å²) in [5, 5.41) is 3.40. The summed E-state index contributed by atoms with van der Waals surface area (Å²) in [6.45, 7) is 13.8. The number of hydrogen-bond donors (Lipinski definition) is 1. The third-order valence-electron chi connectivity index (χ3n) is 7.82. The van der Waals surface area contributed by atoms with Crippen LogP contribution in [0.1, 0.15) is 76.6 Å². The van der Waals surface area contributed by atoms with Crippen LogP contribution in [0.3, 0.4) is 0 Å². The van der Waals surface area contributed by atoms with Crippen LogP contribution in [-0.2, 0) is 0 Å². The van der Waals surface area contributed by atoms with E-state index in [1.165, 1.54) is 57.6 Å². The van der Waals surface area contributed by atoms with Gasteiger partial charge < -0.3 is 10.2 Å². The van der Waals surface area contributed by atoms with Crippen molar-refractivity contribution < 1.29 is 0 Å². The highest BCUT2D eigenvalue weighted by Gasteiger charge is 2.41. The molecular formula is C37H44N2. The van der Waals surface area contributed by atoms with E-state index in [0.717, 1.165) is 19.5 Å². The fourth-order valence-electron chi connectivity index (χ4n) is 6.13. The van der Waals surface area contributed by atoms with Crippen molar-refractivity contribution >= 4 is 11.4 Å². The van der Waals surface area contributed by atoms with Gasteiger partial charge in [-0.05, 0) is 70.6 Å². The topological polar surface area (TPSA) is 15.3 Å². The van der Waals surface area contributed by atoms with Crippen molar-refractivity contribution in [1.82, 2.24) is 10.2 Å². The molecule has 0 saturated carbocycles. The third-order valence-corrected chi connectivity index (χ3v) is 7.82. The van der Waals surface area contributed by atoms with Gasteiger partial charge in [-0.1, -0.05) is 120 Å². The SMILES string of the molecule is C1=C(c2ccccc2)NCCC1.CC(C)CC1=CCN2C(=C1)c1cc(-c3ccccc3)ccc1[C@H]2C(C)(C)C. The Morgan fingerprint density at radius 2 is 1.54 bits per heavy atom. The van der Waals surface area contributed by atoms with Crippen LogP contribution in [0.2, 0.25) is 0 Å². The van der Waals surface area contributed by atoms with Gasteiger partial charge in [-0.2, -0.15) is 0 Å². The van der Waals surface area contributed by atoms with Gasteiger partial charge in [-0.3, -0.25) is 0 Å². The van der Waals surface area contributed by atoms with Gasteiger partial charge in [0, 0.05) is 30.0 Å². The van der Waals surface area contributed by atoms with Crippen LogP contribution in [0.5, 0.6) is 0 Å². The van der Waals surface area contributed by atoms with E-state index >= 15 is 0 Å². The number of hydrogen-bond acceptors (Lipinski definition) is 2. The highest BCUT2D eigenvalue weighted by atomic mass is 15.2. The zero-order valence-electron chi connectivity index (χ0n) is 24.4. The van der Waals surface area contributed by atoms with Crippen molar-refractivity contribution in [3.05, 3.63) is 119 Å². The molecule has 0 bridgehead atoms. The molecule has 3 aliphatic heterocycles. The standard InChI is InChI=1S/C26H31N.C11H13N/c1-18(2)15-19-13-14-27-24(16-19)23-17-21(20-9-7-6-8-10-20)11-12-22(23)25(27)26(3,4)5;1-2-6-10(7-3-1)11-8-4-5-9-12-11/h6-13,16-18,25H,14-15H2,1-5H3;1-3,6-8,12H,4-5,9H2/t25-;/m0./s1. The van der Waals surface area contributed by atoms with Crippen LogP contribution in [0.4, 0.5) is 0 Å². The van der Waals surface area contributed by atoms with Crippen LogP contribution in [0, 0.1) is 11.3 Å². The van der Waals surface area contributed by atoms with Gasteiger partial charge in [-0.25, -0.2) is 0 Å². The first-order chi connectivity index (χ1) is 18.8. The summed E-state index contributed by atoms with van der Waals surface area (Å²) >= 11 is 0. The fourth-order valence-corrected chi connectivity index (χ4v) is 6.13. The van der Waals surface area contributed by atoms with Crippen molar-refractivity contribution in [1.29, 1.82) is 0 Å². The Labute approximate surface area is 236 Å². The Kier molecular flexibility index (Phi) is 8.12. The molecule has 0 fully saturated rings. The quantitative estimate of drug-likeness (QED) is 0.371. The number of benzene rings is 3. The molecule has 6 rings (SSSR count). The summed E-state index contributed by atoms with van der Waals surface area (Å²) < 4.78 is 0. The zero-order valence-corrected chi connectivity index (χ0v) is 24.4. The molecule has 1 N–H and O–H groups in total. The Balaban J connectivity index is 0.000000214. The maximum Gasteiger partial charge on any atom is 0.0601 e. The Morgan fingerprint density at radius 1 is 0.846 bits per heavy atom. The van der Waals surface area contributed by atoms with Crippen molar-refractivity contribution in [2.75, 3.05) is 13.1 Å². The summed E-state index contributed by atoms with van der Waals surface area (Å²) in [7, 11) is 0. The first kappa shape index (κ1) is 27.1. The lowest BCUT2D eigenvalue weighted by Crippen LogP contribution is -2.32. The smallest absolute Gasteiger partial charge is 0.0601 e. The molecule has 39 heavy (non-hydrogen) atoms. The Hall–Kier alpha value is -3.52. The summed E-state index contributed by atoms with van der Waals surface area (Å²) in [6, 6.07) is 28.7. The van der Waals surface area contributed by atoms with Gasteiger partial charge in [0.05, 0.1) is 6.04 Å². The molecule has 0 spiro atoms. The zero-order chi connectivity index (χ0) is 27.4. The van der Waals surface area contributed by atoms with Crippen LogP contribution in [0.15, 0.2) is 103 Å². The van der Waals surface area contributed by atoms with E-state index in [1.54, 1.807) is 0 Å². The summed E-state index contributed by atoms with van der Waals surface area (Å²) in [6.07, 6.45) is 10.8. The van der Waals surface area contributed by atoms with E-state index in [0.29, 0.717) is 12.0 Å². The Morgan fingerprint density at radius 3 is 2.15 bits per heavy atom. The summed E-state index contributed by atoms with van der Waals surface area (Å²) in [4.78, 5) is 2.61. The molecule has 0 amide bonds. The van der Waals surface area contributed by atoms with Crippen molar-refractivity contribution in [2.45, 2.75) is 59.9 Å². The molecule has 2 nitrogen and oxygen atoms in total. The van der Waals surface area contributed by atoms with Gasteiger partial charge in [-0.15, -0.1) is 0 Å². The lowest BCUT2D eigenvalue weighted by Gasteiger charge is -2.38. The molecule has 202 valence electrons. The van der Waals surface area contributed by atoms with E-state index in [9.17, 15) is 0 Å². The van der Waals surface area contributed by atoms with E-state index < -0.39 is 0 Å². The number of fused-ring (bicyclic) bond motifs is 3. The van der Waals surface area contributed by atoms with Crippen molar-refractivity contribution in [3.63, 3.8) is 0 Å². The average molecular weight is 517 g/mol. The molecule has 0 aliphatic carbocycles. The minimum absolute atomic E-state index is 0.196. The minimum Gasteiger partial charge on any atom is -0.385 e. The highest BCUT2D eigenvalue weighted by Crippen LogP contribution is 2.52. The number of nitrogens with zero attached hydrogens (tertiary/aromatic N) is 1. The lowest BCUT2D eigenvalue weighted by molar-refractivity contribution is 0.180. The second-order valence-corrected chi connectivity index (χ2v) is 12.5. The average Bonchev–Trinajstić information content (AvgIpc) is 3.28.